The van der Waals surface area contributed by atoms with Crippen LogP contribution in [0.3, 0.4) is 0 Å². The number of nitrogens with two attached hydrogens (primary N) is 1. The highest BCUT2D eigenvalue weighted by molar-refractivity contribution is 9.10. The minimum Gasteiger partial charge on any atom is -0.323 e. The molecule has 2 N–H and O–H groups in total. The molecule has 2 rings (SSSR count). The van der Waals surface area contributed by atoms with E-state index in [2.05, 4.69) is 15.9 Å². The van der Waals surface area contributed by atoms with Gasteiger partial charge in [0.1, 0.15) is 0 Å². The zero-order chi connectivity index (χ0) is 13.9. The van der Waals surface area contributed by atoms with E-state index in [9.17, 15) is 8.42 Å². The van der Waals surface area contributed by atoms with Gasteiger partial charge in [0, 0.05) is 10.5 Å². The summed E-state index contributed by atoms with van der Waals surface area (Å²) in [5.41, 5.74) is 6.78. The Morgan fingerprint density at radius 1 is 1.00 bits per heavy atom. The van der Waals surface area contributed by atoms with Crippen LogP contribution in [-0.2, 0) is 9.84 Å². The van der Waals surface area contributed by atoms with E-state index in [1.54, 1.807) is 24.3 Å². The lowest BCUT2D eigenvalue weighted by Crippen LogP contribution is -2.21. The summed E-state index contributed by atoms with van der Waals surface area (Å²) in [5, 5.41) is 0. The molecule has 2 aromatic carbocycles. The van der Waals surface area contributed by atoms with Crippen molar-refractivity contribution in [3.63, 3.8) is 0 Å². The molecule has 1 unspecified atom stereocenters. The van der Waals surface area contributed by atoms with Gasteiger partial charge in [0.2, 0.25) is 0 Å². The van der Waals surface area contributed by atoms with Crippen molar-refractivity contribution >= 4 is 25.8 Å². The van der Waals surface area contributed by atoms with Gasteiger partial charge in [0.15, 0.2) is 9.84 Å². The van der Waals surface area contributed by atoms with E-state index in [-0.39, 0.29) is 5.75 Å². The van der Waals surface area contributed by atoms with Crippen molar-refractivity contribution in [1.29, 1.82) is 0 Å². The van der Waals surface area contributed by atoms with Crippen LogP contribution in [0, 0.1) is 0 Å². The van der Waals surface area contributed by atoms with Crippen molar-refractivity contribution in [3.05, 3.63) is 64.6 Å². The molecular weight excluding hydrogens is 326 g/mol. The summed E-state index contributed by atoms with van der Waals surface area (Å²) in [5.74, 6) is -0.0986. The topological polar surface area (TPSA) is 60.2 Å². The number of rotatable bonds is 4. The third kappa shape index (κ3) is 3.65. The van der Waals surface area contributed by atoms with Gasteiger partial charge in [-0.05, 0) is 29.8 Å². The molecule has 100 valence electrons. The highest BCUT2D eigenvalue weighted by atomic mass is 79.9. The van der Waals surface area contributed by atoms with E-state index in [4.69, 9.17) is 5.73 Å². The van der Waals surface area contributed by atoms with Crippen molar-refractivity contribution in [2.24, 2.45) is 5.73 Å². The van der Waals surface area contributed by atoms with E-state index in [1.165, 1.54) is 0 Å². The molecule has 0 heterocycles. The summed E-state index contributed by atoms with van der Waals surface area (Å²) < 4.78 is 25.3. The summed E-state index contributed by atoms with van der Waals surface area (Å²) in [6.07, 6.45) is 0. The van der Waals surface area contributed by atoms with Crippen molar-refractivity contribution in [2.75, 3.05) is 5.75 Å². The fourth-order valence-electron chi connectivity index (χ4n) is 1.77. The van der Waals surface area contributed by atoms with E-state index >= 15 is 0 Å². The van der Waals surface area contributed by atoms with Crippen LogP contribution in [0.1, 0.15) is 11.6 Å². The first-order valence-electron chi connectivity index (χ1n) is 5.78. The van der Waals surface area contributed by atoms with Gasteiger partial charge >= 0.3 is 0 Å². The van der Waals surface area contributed by atoms with Crippen LogP contribution in [0.4, 0.5) is 0 Å². The summed E-state index contributed by atoms with van der Waals surface area (Å²) in [7, 11) is -3.37. The third-order valence-corrected chi connectivity index (χ3v) is 5.12. The number of hydrogen-bond donors (Lipinski definition) is 1. The second-order valence-corrected chi connectivity index (χ2v) is 7.20. The van der Waals surface area contributed by atoms with Crippen molar-refractivity contribution in [3.8, 4) is 0 Å². The first-order chi connectivity index (χ1) is 8.99. The van der Waals surface area contributed by atoms with Gasteiger partial charge in [-0.2, -0.15) is 0 Å². The molecule has 0 spiro atoms. The van der Waals surface area contributed by atoms with Crippen LogP contribution in [0.2, 0.25) is 0 Å². The Hall–Kier alpha value is -1.17. The van der Waals surface area contributed by atoms with Gasteiger partial charge in [0.05, 0.1) is 10.6 Å². The highest BCUT2D eigenvalue weighted by Crippen LogP contribution is 2.20. The van der Waals surface area contributed by atoms with Crippen LogP contribution < -0.4 is 5.73 Å². The largest absolute Gasteiger partial charge is 0.323 e. The summed E-state index contributed by atoms with van der Waals surface area (Å²) in [6, 6.07) is 15.3. The van der Waals surface area contributed by atoms with Gasteiger partial charge in [0.25, 0.3) is 0 Å². The molecule has 2 aromatic rings. The standard InChI is InChI=1S/C14H14BrNO2S/c15-12-6-8-13(9-7-12)19(17,18)10-14(16)11-4-2-1-3-5-11/h1-9,14H,10,16H2. The van der Waals surface area contributed by atoms with Gasteiger partial charge < -0.3 is 5.73 Å². The van der Waals surface area contributed by atoms with Gasteiger partial charge in [-0.25, -0.2) is 8.42 Å². The quantitative estimate of drug-likeness (QED) is 0.931. The average molecular weight is 340 g/mol. The molecule has 0 aliphatic rings. The SMILES string of the molecule is NC(CS(=O)(=O)c1ccc(Br)cc1)c1ccccc1. The molecule has 0 fully saturated rings. The van der Waals surface area contributed by atoms with Crippen molar-refractivity contribution in [1.82, 2.24) is 0 Å². The smallest absolute Gasteiger partial charge is 0.180 e. The summed E-state index contributed by atoms with van der Waals surface area (Å²) in [6.45, 7) is 0. The van der Waals surface area contributed by atoms with E-state index in [0.29, 0.717) is 4.90 Å². The lowest BCUT2D eigenvalue weighted by Gasteiger charge is -2.12. The zero-order valence-corrected chi connectivity index (χ0v) is 12.6. The Labute approximate surface area is 121 Å². The summed E-state index contributed by atoms with van der Waals surface area (Å²) >= 11 is 3.28. The molecule has 0 saturated heterocycles. The maximum atomic E-state index is 12.2. The molecule has 0 aliphatic heterocycles. The predicted octanol–water partition coefficient (Wildman–Crippen LogP) is 2.92. The normalized spacial score (nSPS) is 13.2. The van der Waals surface area contributed by atoms with Crippen LogP contribution in [-0.4, -0.2) is 14.2 Å². The highest BCUT2D eigenvalue weighted by Gasteiger charge is 2.19. The Bertz CT molecular complexity index is 639. The first-order valence-corrected chi connectivity index (χ1v) is 8.22. The third-order valence-electron chi connectivity index (χ3n) is 2.80. The van der Waals surface area contributed by atoms with Crippen LogP contribution in [0.5, 0.6) is 0 Å². The number of halogens is 1. The molecule has 0 amide bonds. The molecular formula is C14H14BrNO2S. The molecule has 0 aromatic heterocycles. The molecule has 0 aliphatic carbocycles. The molecule has 5 heteroatoms. The van der Waals surface area contributed by atoms with Gasteiger partial charge in [-0.3, -0.25) is 0 Å². The second kappa shape index (κ2) is 5.86. The molecule has 1 atom stereocenters. The van der Waals surface area contributed by atoms with Crippen LogP contribution >= 0.6 is 15.9 Å². The predicted molar refractivity (Wildman–Crippen MR) is 79.6 cm³/mol. The van der Waals surface area contributed by atoms with Gasteiger partial charge in [-0.1, -0.05) is 46.3 Å². The fraction of sp³-hybridized carbons (Fsp3) is 0.143. The lowest BCUT2D eigenvalue weighted by molar-refractivity contribution is 0.589. The van der Waals surface area contributed by atoms with Crippen LogP contribution in [0.15, 0.2) is 64.0 Å². The minimum atomic E-state index is -3.37. The minimum absolute atomic E-state index is 0.0986. The Morgan fingerprint density at radius 3 is 2.16 bits per heavy atom. The second-order valence-electron chi connectivity index (χ2n) is 4.25. The van der Waals surface area contributed by atoms with E-state index in [1.807, 2.05) is 30.3 Å². The maximum absolute atomic E-state index is 12.2. The van der Waals surface area contributed by atoms with Crippen LogP contribution in [0.25, 0.3) is 0 Å². The number of hydrogen-bond acceptors (Lipinski definition) is 3. The Morgan fingerprint density at radius 2 is 1.58 bits per heavy atom. The molecule has 0 saturated carbocycles. The lowest BCUT2D eigenvalue weighted by atomic mass is 10.1. The fourth-order valence-corrected chi connectivity index (χ4v) is 3.44. The number of benzene rings is 2. The zero-order valence-electron chi connectivity index (χ0n) is 10.2. The maximum Gasteiger partial charge on any atom is 0.180 e. The first kappa shape index (κ1) is 14.2. The molecule has 19 heavy (non-hydrogen) atoms. The van der Waals surface area contributed by atoms with E-state index < -0.39 is 15.9 Å². The number of sulfone groups is 1. The van der Waals surface area contributed by atoms with Gasteiger partial charge in [-0.15, -0.1) is 0 Å². The van der Waals surface area contributed by atoms with E-state index in [0.717, 1.165) is 10.0 Å². The Balaban J connectivity index is 2.20. The molecule has 0 bridgehead atoms. The summed E-state index contributed by atoms with van der Waals surface area (Å²) in [4.78, 5) is 0.294. The monoisotopic (exact) mass is 339 g/mol. The average Bonchev–Trinajstić information content (AvgIpc) is 2.40. The molecule has 3 nitrogen and oxygen atoms in total. The Kier molecular flexibility index (Phi) is 4.39. The molecule has 0 radical (unpaired) electrons. The van der Waals surface area contributed by atoms with Crippen molar-refractivity contribution in [2.45, 2.75) is 10.9 Å². The van der Waals surface area contributed by atoms with Crippen molar-refractivity contribution < 1.29 is 8.42 Å².